The molecule has 1 aromatic carbocycles. The molecule has 0 aromatic heterocycles. The third-order valence-electron chi connectivity index (χ3n) is 2.24. The molecule has 0 radical (unpaired) electrons. The smallest absolute Gasteiger partial charge is 0.232 e. The molecule has 17 heavy (non-hydrogen) atoms. The van der Waals surface area contributed by atoms with Crippen LogP contribution in [-0.4, -0.2) is 14.2 Å². The highest BCUT2D eigenvalue weighted by Crippen LogP contribution is 2.23. The Bertz CT molecular complexity index is 486. The molecule has 4 nitrogen and oxygen atoms in total. The van der Waals surface area contributed by atoms with Crippen LogP contribution in [0.15, 0.2) is 18.2 Å². The highest BCUT2D eigenvalue weighted by atomic mass is 35.5. The number of nitrogen functional groups attached to an aromatic ring is 1. The van der Waals surface area contributed by atoms with Gasteiger partial charge in [-0.1, -0.05) is 25.4 Å². The summed E-state index contributed by atoms with van der Waals surface area (Å²) in [4.78, 5) is 0. The van der Waals surface area contributed by atoms with Crippen LogP contribution >= 0.6 is 11.6 Å². The molecular weight excluding hydrogens is 260 g/mol. The minimum Gasteiger partial charge on any atom is -0.397 e. The zero-order valence-corrected chi connectivity index (χ0v) is 11.5. The van der Waals surface area contributed by atoms with Gasteiger partial charge in [0.05, 0.1) is 17.1 Å². The van der Waals surface area contributed by atoms with Crippen LogP contribution in [0.4, 0.5) is 11.4 Å². The second-order valence-electron chi connectivity index (χ2n) is 4.34. The van der Waals surface area contributed by atoms with Crippen molar-refractivity contribution in [2.45, 2.75) is 20.3 Å². The van der Waals surface area contributed by atoms with Gasteiger partial charge in [-0.2, -0.15) is 0 Å². The van der Waals surface area contributed by atoms with Crippen molar-refractivity contribution >= 4 is 33.0 Å². The van der Waals surface area contributed by atoms with Gasteiger partial charge in [0.2, 0.25) is 10.0 Å². The van der Waals surface area contributed by atoms with E-state index in [4.69, 9.17) is 17.3 Å². The lowest BCUT2D eigenvalue weighted by Crippen LogP contribution is -2.18. The molecular formula is C11H17ClN2O2S. The number of anilines is 2. The lowest BCUT2D eigenvalue weighted by atomic mass is 10.2. The summed E-state index contributed by atoms with van der Waals surface area (Å²) in [7, 11) is -3.34. The third kappa shape index (κ3) is 4.83. The first-order valence-corrected chi connectivity index (χ1v) is 7.39. The standard InChI is InChI=1S/C11H17ClN2O2S/c1-8(2)5-6-17(15,16)14-11-4-3-9(12)7-10(11)13/h3-4,7-8,14H,5-6,13H2,1-2H3. The quantitative estimate of drug-likeness (QED) is 0.812. The Morgan fingerprint density at radius 1 is 1.41 bits per heavy atom. The van der Waals surface area contributed by atoms with E-state index in [2.05, 4.69) is 4.72 Å². The maximum absolute atomic E-state index is 11.7. The molecule has 0 atom stereocenters. The molecule has 0 amide bonds. The van der Waals surface area contributed by atoms with Gasteiger partial charge in [0.15, 0.2) is 0 Å². The van der Waals surface area contributed by atoms with Crippen molar-refractivity contribution in [1.82, 2.24) is 0 Å². The van der Waals surface area contributed by atoms with Crippen LogP contribution in [0.2, 0.25) is 5.02 Å². The molecule has 0 saturated heterocycles. The van der Waals surface area contributed by atoms with Gasteiger partial charge in [-0.3, -0.25) is 4.72 Å². The van der Waals surface area contributed by atoms with Gasteiger partial charge in [-0.25, -0.2) is 8.42 Å². The fourth-order valence-corrected chi connectivity index (χ4v) is 2.82. The molecule has 0 aliphatic heterocycles. The molecule has 3 N–H and O–H groups in total. The van der Waals surface area contributed by atoms with Gasteiger partial charge >= 0.3 is 0 Å². The van der Waals surface area contributed by atoms with E-state index in [9.17, 15) is 8.42 Å². The highest BCUT2D eigenvalue weighted by Gasteiger charge is 2.13. The first kappa shape index (κ1) is 14.1. The van der Waals surface area contributed by atoms with Crippen molar-refractivity contribution in [3.05, 3.63) is 23.2 Å². The predicted octanol–water partition coefficient (Wildman–Crippen LogP) is 2.71. The summed E-state index contributed by atoms with van der Waals surface area (Å²) < 4.78 is 25.9. The summed E-state index contributed by atoms with van der Waals surface area (Å²) in [6.07, 6.45) is 0.614. The van der Waals surface area contributed by atoms with Crippen molar-refractivity contribution in [2.24, 2.45) is 5.92 Å². The molecule has 0 spiro atoms. The highest BCUT2D eigenvalue weighted by molar-refractivity contribution is 7.92. The molecule has 0 aliphatic carbocycles. The van der Waals surface area contributed by atoms with Crippen molar-refractivity contribution in [3.8, 4) is 0 Å². The van der Waals surface area contributed by atoms with Crippen molar-refractivity contribution < 1.29 is 8.42 Å². The Kier molecular flexibility index (Phi) is 4.65. The van der Waals surface area contributed by atoms with E-state index in [1.165, 1.54) is 6.07 Å². The summed E-state index contributed by atoms with van der Waals surface area (Å²) in [6.45, 7) is 3.96. The Morgan fingerprint density at radius 2 is 2.06 bits per heavy atom. The monoisotopic (exact) mass is 276 g/mol. The Hall–Kier alpha value is -0.940. The lowest BCUT2D eigenvalue weighted by molar-refractivity contribution is 0.578. The molecule has 0 heterocycles. The van der Waals surface area contributed by atoms with Crippen LogP contribution in [0.3, 0.4) is 0 Å². The van der Waals surface area contributed by atoms with Crippen LogP contribution in [0, 0.1) is 5.92 Å². The van der Waals surface area contributed by atoms with Gasteiger partial charge in [0.1, 0.15) is 0 Å². The van der Waals surface area contributed by atoms with E-state index in [-0.39, 0.29) is 5.75 Å². The van der Waals surface area contributed by atoms with E-state index in [1.807, 2.05) is 13.8 Å². The fourth-order valence-electron chi connectivity index (χ4n) is 1.24. The van der Waals surface area contributed by atoms with E-state index in [0.29, 0.717) is 28.7 Å². The first-order valence-electron chi connectivity index (χ1n) is 5.35. The normalized spacial score (nSPS) is 11.8. The van der Waals surface area contributed by atoms with Crippen LogP contribution in [0.1, 0.15) is 20.3 Å². The van der Waals surface area contributed by atoms with Crippen molar-refractivity contribution in [3.63, 3.8) is 0 Å². The second-order valence-corrected chi connectivity index (χ2v) is 6.61. The largest absolute Gasteiger partial charge is 0.397 e. The lowest BCUT2D eigenvalue weighted by Gasteiger charge is -2.11. The van der Waals surface area contributed by atoms with E-state index in [0.717, 1.165) is 0 Å². The Morgan fingerprint density at radius 3 is 2.59 bits per heavy atom. The molecule has 96 valence electrons. The van der Waals surface area contributed by atoms with Crippen LogP contribution in [-0.2, 0) is 10.0 Å². The van der Waals surface area contributed by atoms with Gasteiger partial charge in [0.25, 0.3) is 0 Å². The number of rotatable bonds is 5. The summed E-state index contributed by atoms with van der Waals surface area (Å²) in [6, 6.07) is 4.67. The van der Waals surface area contributed by atoms with Gasteiger partial charge in [-0.05, 0) is 30.5 Å². The van der Waals surface area contributed by atoms with Crippen LogP contribution in [0.5, 0.6) is 0 Å². The average Bonchev–Trinajstić information content (AvgIpc) is 2.20. The fraction of sp³-hybridized carbons (Fsp3) is 0.455. The van der Waals surface area contributed by atoms with E-state index < -0.39 is 10.0 Å². The van der Waals surface area contributed by atoms with Gasteiger partial charge in [-0.15, -0.1) is 0 Å². The van der Waals surface area contributed by atoms with Crippen molar-refractivity contribution in [1.29, 1.82) is 0 Å². The number of nitrogens with one attached hydrogen (secondary N) is 1. The van der Waals surface area contributed by atoms with E-state index >= 15 is 0 Å². The molecule has 6 heteroatoms. The number of sulfonamides is 1. The number of hydrogen-bond donors (Lipinski definition) is 2. The summed E-state index contributed by atoms with van der Waals surface area (Å²) in [5.74, 6) is 0.432. The second kappa shape index (κ2) is 5.60. The Balaban J connectivity index is 2.76. The number of nitrogens with two attached hydrogens (primary N) is 1. The van der Waals surface area contributed by atoms with Crippen LogP contribution in [0.25, 0.3) is 0 Å². The maximum Gasteiger partial charge on any atom is 0.232 e. The number of halogens is 1. The average molecular weight is 277 g/mol. The van der Waals surface area contributed by atoms with Crippen LogP contribution < -0.4 is 10.5 Å². The maximum atomic E-state index is 11.7. The topological polar surface area (TPSA) is 72.2 Å². The molecule has 1 rings (SSSR count). The first-order chi connectivity index (χ1) is 7.80. The number of benzene rings is 1. The van der Waals surface area contributed by atoms with Gasteiger partial charge in [0, 0.05) is 5.02 Å². The summed E-state index contributed by atoms with van der Waals surface area (Å²) in [5, 5.41) is 0.479. The third-order valence-corrected chi connectivity index (χ3v) is 3.78. The zero-order chi connectivity index (χ0) is 13.1. The SMILES string of the molecule is CC(C)CCS(=O)(=O)Nc1ccc(Cl)cc1N. The minimum absolute atomic E-state index is 0.0900. The Labute approximate surface area is 107 Å². The minimum atomic E-state index is -3.34. The number of hydrogen-bond acceptors (Lipinski definition) is 3. The molecule has 0 saturated carbocycles. The molecule has 0 fully saturated rings. The zero-order valence-electron chi connectivity index (χ0n) is 9.90. The van der Waals surface area contributed by atoms with Gasteiger partial charge < -0.3 is 5.73 Å². The molecule has 0 bridgehead atoms. The van der Waals surface area contributed by atoms with Crippen molar-refractivity contribution in [2.75, 3.05) is 16.2 Å². The van der Waals surface area contributed by atoms with E-state index in [1.54, 1.807) is 12.1 Å². The summed E-state index contributed by atoms with van der Waals surface area (Å²) in [5.41, 5.74) is 6.37. The molecule has 0 unspecified atom stereocenters. The molecule has 0 aliphatic rings. The predicted molar refractivity (Wildman–Crippen MR) is 72.7 cm³/mol. The molecule has 1 aromatic rings. The summed E-state index contributed by atoms with van der Waals surface area (Å²) >= 11 is 5.73.